The third kappa shape index (κ3) is 3.55. The molecule has 0 amide bonds. The molecule has 5 heteroatoms. The summed E-state index contributed by atoms with van der Waals surface area (Å²) in [5, 5.41) is 11.0. The second-order valence-corrected chi connectivity index (χ2v) is 5.82. The van der Waals surface area contributed by atoms with Gasteiger partial charge in [-0.2, -0.15) is 0 Å². The largest absolute Gasteiger partial charge is 0.478 e. The quantitative estimate of drug-likeness (QED) is 0.526. The molecule has 1 aromatic heterocycles. The van der Waals surface area contributed by atoms with E-state index >= 15 is 0 Å². The zero-order valence-corrected chi connectivity index (χ0v) is 13.8. The Kier molecular flexibility index (Phi) is 4.84. The lowest BCUT2D eigenvalue weighted by molar-refractivity contribution is -0.144. The van der Waals surface area contributed by atoms with E-state index in [0.29, 0.717) is 6.54 Å². The number of aliphatic carboxylic acids is 1. The number of ether oxygens (including phenoxy) is 1. The first-order valence-electron chi connectivity index (χ1n) is 8.10. The fourth-order valence-corrected chi connectivity index (χ4v) is 2.91. The van der Waals surface area contributed by atoms with Crippen LogP contribution in [-0.4, -0.2) is 28.2 Å². The number of aryl methyl sites for hydroxylation is 1. The topological polar surface area (TPSA) is 68.5 Å². The van der Waals surface area contributed by atoms with Crippen molar-refractivity contribution in [2.75, 3.05) is 6.61 Å². The highest BCUT2D eigenvalue weighted by Gasteiger charge is 2.12. The molecule has 25 heavy (non-hydrogen) atoms. The van der Waals surface area contributed by atoms with Crippen molar-refractivity contribution in [2.24, 2.45) is 0 Å². The van der Waals surface area contributed by atoms with Crippen LogP contribution in [0.25, 0.3) is 21.8 Å². The van der Waals surface area contributed by atoms with Crippen molar-refractivity contribution in [1.82, 2.24) is 4.57 Å². The molecule has 0 radical (unpaired) electrons. The predicted octanol–water partition coefficient (Wildman–Crippen LogP) is 3.76. The number of esters is 1. The molecule has 1 N–H and O–H groups in total. The van der Waals surface area contributed by atoms with Gasteiger partial charge in [-0.25, -0.2) is 4.79 Å². The average molecular weight is 337 g/mol. The lowest BCUT2D eigenvalue weighted by Gasteiger charge is -2.08. The number of hydrogen-bond donors (Lipinski definition) is 1. The van der Waals surface area contributed by atoms with Crippen LogP contribution in [0.2, 0.25) is 0 Å². The van der Waals surface area contributed by atoms with Crippen LogP contribution in [0.3, 0.4) is 0 Å². The zero-order chi connectivity index (χ0) is 17.8. The summed E-state index contributed by atoms with van der Waals surface area (Å²) in [6, 6.07) is 16.2. The van der Waals surface area contributed by atoms with Gasteiger partial charge in [0, 0.05) is 40.3 Å². The molecule has 128 valence electrons. The highest BCUT2D eigenvalue weighted by molar-refractivity contribution is 6.08. The van der Waals surface area contributed by atoms with E-state index in [1.165, 1.54) is 0 Å². The maximum Gasteiger partial charge on any atom is 0.331 e. The number of rotatable bonds is 7. The Morgan fingerprint density at radius 2 is 1.52 bits per heavy atom. The summed E-state index contributed by atoms with van der Waals surface area (Å²) >= 11 is 0. The number of carbonyl (C=O) groups excluding carboxylic acids is 1. The van der Waals surface area contributed by atoms with Crippen molar-refractivity contribution >= 4 is 33.7 Å². The molecule has 2 aromatic carbocycles. The number of carboxylic acid groups (broad SMARTS) is 1. The first-order valence-corrected chi connectivity index (χ1v) is 8.10. The Bertz CT molecular complexity index is 901. The molecular formula is C20H19NO4. The van der Waals surface area contributed by atoms with Crippen LogP contribution in [-0.2, 0) is 20.9 Å². The summed E-state index contributed by atoms with van der Waals surface area (Å²) in [5.41, 5.74) is 2.20. The van der Waals surface area contributed by atoms with Gasteiger partial charge in [-0.1, -0.05) is 43.0 Å². The zero-order valence-electron chi connectivity index (χ0n) is 13.8. The third-order valence-corrected chi connectivity index (χ3v) is 4.19. The van der Waals surface area contributed by atoms with Crippen molar-refractivity contribution in [2.45, 2.75) is 19.4 Å². The van der Waals surface area contributed by atoms with Crippen molar-refractivity contribution in [3.05, 3.63) is 60.7 Å². The summed E-state index contributed by atoms with van der Waals surface area (Å²) in [6.45, 7) is 3.96. The minimum Gasteiger partial charge on any atom is -0.478 e. The van der Waals surface area contributed by atoms with Crippen LogP contribution < -0.4 is 0 Å². The molecule has 5 nitrogen and oxygen atoms in total. The van der Waals surface area contributed by atoms with Gasteiger partial charge in [0.1, 0.15) is 0 Å². The van der Waals surface area contributed by atoms with Gasteiger partial charge in [-0.05, 0) is 12.1 Å². The van der Waals surface area contributed by atoms with Gasteiger partial charge in [-0.15, -0.1) is 0 Å². The van der Waals surface area contributed by atoms with E-state index in [4.69, 9.17) is 9.84 Å². The van der Waals surface area contributed by atoms with Gasteiger partial charge in [0.15, 0.2) is 0 Å². The minimum absolute atomic E-state index is 0.0372. The minimum atomic E-state index is -1.07. The van der Waals surface area contributed by atoms with Crippen LogP contribution in [0.1, 0.15) is 12.8 Å². The van der Waals surface area contributed by atoms with E-state index in [0.717, 1.165) is 21.8 Å². The molecule has 0 spiro atoms. The fourth-order valence-electron chi connectivity index (χ4n) is 2.91. The summed E-state index contributed by atoms with van der Waals surface area (Å²) in [7, 11) is 0. The fraction of sp³-hybridized carbons (Fsp3) is 0.200. The number of hydrogen-bond acceptors (Lipinski definition) is 3. The molecule has 3 rings (SSSR count). The van der Waals surface area contributed by atoms with Crippen LogP contribution in [0.15, 0.2) is 60.7 Å². The van der Waals surface area contributed by atoms with Gasteiger partial charge in [-0.3, -0.25) is 4.79 Å². The van der Waals surface area contributed by atoms with E-state index < -0.39 is 5.97 Å². The molecule has 0 fully saturated rings. The second kappa shape index (κ2) is 7.21. The average Bonchev–Trinajstić information content (AvgIpc) is 2.94. The monoisotopic (exact) mass is 337 g/mol. The highest BCUT2D eigenvalue weighted by atomic mass is 16.5. The highest BCUT2D eigenvalue weighted by Crippen LogP contribution is 2.28. The maximum atomic E-state index is 11.9. The van der Waals surface area contributed by atoms with E-state index in [2.05, 4.69) is 23.3 Å². The van der Waals surface area contributed by atoms with Gasteiger partial charge < -0.3 is 14.4 Å². The standard InChI is InChI=1S/C20H19NO4/c1-14(20(23)24)11-13-25-19(22)10-12-21-17-8-4-2-6-15(17)16-7-3-5-9-18(16)21/h2-9H,1,10-13H2,(H,23,24). The van der Waals surface area contributed by atoms with Crippen molar-refractivity contribution < 1.29 is 19.4 Å². The van der Waals surface area contributed by atoms with E-state index in [9.17, 15) is 9.59 Å². The first-order chi connectivity index (χ1) is 12.1. The SMILES string of the molecule is C=C(CCOC(=O)CCn1c2ccccc2c2ccccc21)C(=O)O. The van der Waals surface area contributed by atoms with E-state index in [-0.39, 0.29) is 31.0 Å². The lowest BCUT2D eigenvalue weighted by atomic mass is 10.2. The van der Waals surface area contributed by atoms with Gasteiger partial charge in [0.2, 0.25) is 0 Å². The Balaban J connectivity index is 1.69. The van der Waals surface area contributed by atoms with Crippen LogP contribution >= 0.6 is 0 Å². The van der Waals surface area contributed by atoms with Gasteiger partial charge >= 0.3 is 11.9 Å². The third-order valence-electron chi connectivity index (χ3n) is 4.19. The molecule has 0 atom stereocenters. The van der Waals surface area contributed by atoms with Gasteiger partial charge in [0.05, 0.1) is 13.0 Å². The molecule has 0 aliphatic heterocycles. The summed E-state index contributed by atoms with van der Waals surface area (Å²) in [4.78, 5) is 22.6. The normalized spacial score (nSPS) is 10.9. The van der Waals surface area contributed by atoms with Gasteiger partial charge in [0.25, 0.3) is 0 Å². The number of carboxylic acids is 1. The number of nitrogens with zero attached hydrogens (tertiary/aromatic N) is 1. The summed E-state index contributed by atoms with van der Waals surface area (Å²) < 4.78 is 7.22. The lowest BCUT2D eigenvalue weighted by Crippen LogP contribution is -2.11. The molecule has 0 saturated carbocycles. The molecular weight excluding hydrogens is 318 g/mol. The molecule has 0 aliphatic rings. The molecule has 0 unspecified atom stereocenters. The molecule has 1 heterocycles. The van der Waals surface area contributed by atoms with E-state index in [1.807, 2.05) is 36.4 Å². The smallest absolute Gasteiger partial charge is 0.331 e. The maximum absolute atomic E-state index is 11.9. The van der Waals surface area contributed by atoms with Crippen LogP contribution in [0.5, 0.6) is 0 Å². The number of para-hydroxylation sites is 2. The molecule has 0 bridgehead atoms. The Hall–Kier alpha value is -3.08. The summed E-state index contributed by atoms with van der Waals surface area (Å²) in [5.74, 6) is -1.42. The van der Waals surface area contributed by atoms with Crippen molar-refractivity contribution in [3.63, 3.8) is 0 Å². The first kappa shape index (κ1) is 16.8. The number of carbonyl (C=O) groups is 2. The van der Waals surface area contributed by atoms with Crippen LogP contribution in [0, 0.1) is 0 Å². The summed E-state index contributed by atoms with van der Waals surface area (Å²) in [6.07, 6.45) is 0.360. The van der Waals surface area contributed by atoms with Crippen LogP contribution in [0.4, 0.5) is 0 Å². The van der Waals surface area contributed by atoms with Crippen molar-refractivity contribution in [1.29, 1.82) is 0 Å². The number of benzene rings is 2. The molecule has 0 aliphatic carbocycles. The molecule has 3 aromatic rings. The van der Waals surface area contributed by atoms with E-state index in [1.54, 1.807) is 0 Å². The predicted molar refractivity (Wildman–Crippen MR) is 96.4 cm³/mol. The molecule has 0 saturated heterocycles. The Morgan fingerprint density at radius 1 is 0.960 bits per heavy atom. The number of aromatic nitrogens is 1. The Morgan fingerprint density at radius 3 is 2.08 bits per heavy atom. The second-order valence-electron chi connectivity index (χ2n) is 5.82. The Labute approximate surface area is 145 Å². The van der Waals surface area contributed by atoms with Crippen molar-refractivity contribution in [3.8, 4) is 0 Å². The number of fused-ring (bicyclic) bond motifs is 3.